The molecule has 1 aromatic carbocycles. The zero-order chi connectivity index (χ0) is 23.8. The lowest BCUT2D eigenvalue weighted by Gasteiger charge is -2.63. The van der Waals surface area contributed by atoms with Crippen LogP contribution in [0.4, 0.5) is 5.69 Å². The fourth-order valence-electron chi connectivity index (χ4n) is 7.68. The fourth-order valence-corrected chi connectivity index (χ4v) is 7.68. The van der Waals surface area contributed by atoms with Crippen LogP contribution in [0.3, 0.4) is 0 Å². The summed E-state index contributed by atoms with van der Waals surface area (Å²) in [6.45, 7) is 4.94. The smallest absolute Gasteiger partial charge is 0.344 e. The first-order valence-corrected chi connectivity index (χ1v) is 11.5. The Morgan fingerprint density at radius 2 is 2.00 bits per heavy atom. The number of carbonyl (C=O) groups is 2. The molecule has 1 saturated carbocycles. The van der Waals surface area contributed by atoms with Crippen LogP contribution in [-0.2, 0) is 24.5 Å². The van der Waals surface area contributed by atoms with Crippen molar-refractivity contribution in [1.29, 1.82) is 0 Å². The van der Waals surface area contributed by atoms with Crippen molar-refractivity contribution in [2.75, 3.05) is 39.3 Å². The normalized spacial score (nSPS) is 38.4. The van der Waals surface area contributed by atoms with Gasteiger partial charge in [0.2, 0.25) is 5.60 Å². The SMILES string of the molecule is CC[C@]12C=CCN3CCC4(c5ccc(OC)cc5N(C)[C@H]4[C@](O)(C(=O)OC)[C@H]1OC(C)=O)C32. The largest absolute Gasteiger partial charge is 0.497 e. The molecular formula is C25H32N2O6. The molecule has 0 radical (unpaired) electrons. The maximum absolute atomic E-state index is 13.5. The summed E-state index contributed by atoms with van der Waals surface area (Å²) in [6.07, 6.45) is 4.40. The third kappa shape index (κ3) is 2.48. The van der Waals surface area contributed by atoms with Gasteiger partial charge in [0.1, 0.15) is 5.75 Å². The number of hydrogen-bond acceptors (Lipinski definition) is 8. The van der Waals surface area contributed by atoms with Crippen molar-refractivity contribution in [3.63, 3.8) is 0 Å². The van der Waals surface area contributed by atoms with Crippen molar-refractivity contribution in [3.8, 4) is 5.75 Å². The van der Waals surface area contributed by atoms with Crippen LogP contribution in [0.5, 0.6) is 5.75 Å². The first-order valence-electron chi connectivity index (χ1n) is 11.5. The number of ether oxygens (including phenoxy) is 3. The molecule has 1 N–H and O–H groups in total. The van der Waals surface area contributed by atoms with Gasteiger partial charge in [-0.2, -0.15) is 0 Å². The molecule has 0 bridgehead atoms. The molecule has 1 aromatic rings. The molecule has 1 aliphatic carbocycles. The molecule has 5 rings (SSSR count). The highest BCUT2D eigenvalue weighted by Crippen LogP contribution is 2.67. The molecule has 3 aliphatic heterocycles. The average Bonchev–Trinajstić information content (AvgIpc) is 3.32. The third-order valence-electron chi connectivity index (χ3n) is 8.62. The van der Waals surface area contributed by atoms with Gasteiger partial charge in [-0.15, -0.1) is 0 Å². The van der Waals surface area contributed by atoms with E-state index in [0.29, 0.717) is 12.2 Å². The van der Waals surface area contributed by atoms with Crippen LogP contribution in [0.2, 0.25) is 0 Å². The van der Waals surface area contributed by atoms with Gasteiger partial charge in [-0.1, -0.05) is 25.1 Å². The van der Waals surface area contributed by atoms with E-state index in [1.165, 1.54) is 14.0 Å². The van der Waals surface area contributed by atoms with E-state index in [9.17, 15) is 14.7 Å². The van der Waals surface area contributed by atoms with E-state index in [1.54, 1.807) is 7.11 Å². The van der Waals surface area contributed by atoms with E-state index < -0.39 is 40.5 Å². The molecule has 1 saturated heterocycles. The minimum Gasteiger partial charge on any atom is -0.497 e. The molecule has 2 unspecified atom stereocenters. The average molecular weight is 457 g/mol. The number of methoxy groups -OCH3 is 2. The van der Waals surface area contributed by atoms with E-state index in [4.69, 9.17) is 14.2 Å². The van der Waals surface area contributed by atoms with E-state index >= 15 is 0 Å². The van der Waals surface area contributed by atoms with E-state index in [-0.39, 0.29) is 6.04 Å². The number of likely N-dealkylation sites (N-methyl/N-ethyl adjacent to an activating group) is 1. The number of nitrogens with zero attached hydrogens (tertiary/aromatic N) is 2. The molecule has 1 spiro atoms. The number of esters is 2. The third-order valence-corrected chi connectivity index (χ3v) is 8.62. The van der Waals surface area contributed by atoms with Gasteiger partial charge in [0.15, 0.2) is 6.10 Å². The maximum Gasteiger partial charge on any atom is 0.344 e. The molecule has 8 nitrogen and oxygen atoms in total. The number of rotatable bonds is 4. The molecule has 178 valence electrons. The minimum absolute atomic E-state index is 0.0589. The molecular weight excluding hydrogens is 424 g/mol. The Labute approximate surface area is 194 Å². The number of fused-ring (bicyclic) bond motifs is 1. The molecule has 0 aromatic heterocycles. The van der Waals surface area contributed by atoms with Crippen LogP contribution in [0.15, 0.2) is 30.4 Å². The topological polar surface area (TPSA) is 88.5 Å². The Morgan fingerprint density at radius 1 is 1.24 bits per heavy atom. The fraction of sp³-hybridized carbons (Fsp3) is 0.600. The summed E-state index contributed by atoms with van der Waals surface area (Å²) in [5, 5.41) is 12.5. The lowest BCUT2D eigenvalue weighted by Crippen LogP contribution is -2.81. The summed E-state index contributed by atoms with van der Waals surface area (Å²) in [5.41, 5.74) is -1.41. The summed E-state index contributed by atoms with van der Waals surface area (Å²) in [7, 11) is 4.77. The summed E-state index contributed by atoms with van der Waals surface area (Å²) >= 11 is 0. The highest BCUT2D eigenvalue weighted by Gasteiger charge is 2.80. The Bertz CT molecular complexity index is 1040. The summed E-state index contributed by atoms with van der Waals surface area (Å²) in [4.78, 5) is 30.2. The van der Waals surface area contributed by atoms with Crippen LogP contribution in [-0.4, -0.2) is 80.1 Å². The van der Waals surface area contributed by atoms with Gasteiger partial charge in [-0.3, -0.25) is 9.69 Å². The first-order chi connectivity index (χ1) is 15.7. The summed E-state index contributed by atoms with van der Waals surface area (Å²) < 4.78 is 16.6. The number of benzene rings is 1. The number of anilines is 1. The van der Waals surface area contributed by atoms with Crippen molar-refractivity contribution >= 4 is 17.6 Å². The van der Waals surface area contributed by atoms with Crippen LogP contribution in [0, 0.1) is 5.41 Å². The van der Waals surface area contributed by atoms with E-state index in [2.05, 4.69) is 23.1 Å². The van der Waals surface area contributed by atoms with Gasteiger partial charge in [0, 0.05) is 49.1 Å². The van der Waals surface area contributed by atoms with Crippen LogP contribution < -0.4 is 9.64 Å². The van der Waals surface area contributed by atoms with Gasteiger partial charge in [0.05, 0.1) is 20.3 Å². The molecule has 8 heteroatoms. The Balaban J connectivity index is 1.86. The lowest BCUT2D eigenvalue weighted by molar-refractivity contribution is -0.228. The second kappa shape index (κ2) is 7.21. The molecule has 3 heterocycles. The van der Waals surface area contributed by atoms with Gasteiger partial charge in [-0.05, 0) is 31.0 Å². The highest BCUT2D eigenvalue weighted by molar-refractivity contribution is 5.87. The van der Waals surface area contributed by atoms with Gasteiger partial charge >= 0.3 is 11.9 Å². The Hall–Kier alpha value is -2.58. The maximum atomic E-state index is 13.5. The Morgan fingerprint density at radius 3 is 2.64 bits per heavy atom. The second-order valence-corrected chi connectivity index (χ2v) is 9.76. The summed E-state index contributed by atoms with van der Waals surface area (Å²) in [6, 6.07) is 5.22. The van der Waals surface area contributed by atoms with Crippen molar-refractivity contribution in [2.24, 2.45) is 5.41 Å². The van der Waals surface area contributed by atoms with Crippen LogP contribution in [0.1, 0.15) is 32.3 Å². The van der Waals surface area contributed by atoms with Gasteiger partial charge in [0.25, 0.3) is 0 Å². The van der Waals surface area contributed by atoms with Crippen molar-refractivity contribution in [3.05, 3.63) is 35.9 Å². The highest BCUT2D eigenvalue weighted by atomic mass is 16.6. The molecule has 6 atom stereocenters. The Kier molecular flexibility index (Phi) is 4.85. The minimum atomic E-state index is -2.08. The van der Waals surface area contributed by atoms with Crippen molar-refractivity contribution in [2.45, 2.75) is 55.9 Å². The molecule has 4 aliphatic rings. The van der Waals surface area contributed by atoms with Crippen molar-refractivity contribution in [1.82, 2.24) is 4.90 Å². The van der Waals surface area contributed by atoms with Crippen molar-refractivity contribution < 1.29 is 28.9 Å². The van der Waals surface area contributed by atoms with Crippen LogP contribution in [0.25, 0.3) is 0 Å². The lowest BCUT2D eigenvalue weighted by atomic mass is 9.47. The van der Waals surface area contributed by atoms with E-state index in [1.807, 2.05) is 31.0 Å². The molecule has 33 heavy (non-hydrogen) atoms. The second-order valence-electron chi connectivity index (χ2n) is 9.76. The van der Waals surface area contributed by atoms with E-state index in [0.717, 1.165) is 30.8 Å². The summed E-state index contributed by atoms with van der Waals surface area (Å²) in [5.74, 6) is -0.617. The zero-order valence-corrected chi connectivity index (χ0v) is 19.8. The standard InChI is InChI=1S/C25H32N2O6/c1-6-23-10-7-12-27-13-11-24(19(23)27)17-9-8-16(31-4)14-18(17)26(3)20(24)25(30,22(29)32-5)21(23)33-15(2)28/h7-10,14,19-21,30H,6,11-13H2,1-5H3/t19?,20-,21+,23-,24?,25-/m1/s1. The predicted molar refractivity (Wildman–Crippen MR) is 121 cm³/mol. The molecule has 2 fully saturated rings. The zero-order valence-electron chi connectivity index (χ0n) is 19.8. The quantitative estimate of drug-likeness (QED) is 0.541. The monoisotopic (exact) mass is 456 g/mol. The number of carbonyl (C=O) groups excluding carboxylic acids is 2. The predicted octanol–water partition coefficient (Wildman–Crippen LogP) is 1.64. The molecule has 0 amide bonds. The number of aliphatic hydroxyl groups is 1. The first kappa shape index (κ1) is 22.2. The van der Waals surface area contributed by atoms with Gasteiger partial charge < -0.3 is 24.2 Å². The van der Waals surface area contributed by atoms with Gasteiger partial charge in [-0.25, -0.2) is 4.79 Å². The number of hydrogen-bond donors (Lipinski definition) is 1. The van der Waals surface area contributed by atoms with Crippen LogP contribution >= 0.6 is 0 Å².